The highest BCUT2D eigenvalue weighted by Crippen LogP contribution is 2.18. The fourth-order valence-corrected chi connectivity index (χ4v) is 3.01. The minimum atomic E-state index is -3.67. The van der Waals surface area contributed by atoms with Gasteiger partial charge in [-0.25, -0.2) is 13.4 Å². The van der Waals surface area contributed by atoms with Crippen molar-refractivity contribution in [2.24, 2.45) is 0 Å². The molecule has 2 aromatic rings. The zero-order valence-electron chi connectivity index (χ0n) is 10.4. The number of benzene rings is 1. The molecule has 0 radical (unpaired) electrons. The van der Waals surface area contributed by atoms with Crippen LogP contribution >= 0.6 is 11.6 Å². The van der Waals surface area contributed by atoms with Gasteiger partial charge in [0.15, 0.2) is 0 Å². The van der Waals surface area contributed by atoms with Crippen LogP contribution in [0.2, 0.25) is 5.28 Å². The van der Waals surface area contributed by atoms with Gasteiger partial charge in [-0.1, -0.05) is 6.07 Å². The van der Waals surface area contributed by atoms with Crippen LogP contribution in [0.1, 0.15) is 11.1 Å². The first-order valence-electron chi connectivity index (χ1n) is 5.46. The number of anilines is 1. The van der Waals surface area contributed by atoms with Crippen molar-refractivity contribution in [3.8, 4) is 0 Å². The van der Waals surface area contributed by atoms with Gasteiger partial charge in [0.2, 0.25) is 5.28 Å². The largest absolute Gasteiger partial charge is 0.263 e. The van der Waals surface area contributed by atoms with Gasteiger partial charge in [-0.05, 0) is 54.8 Å². The van der Waals surface area contributed by atoms with Crippen molar-refractivity contribution in [2.75, 3.05) is 4.72 Å². The molecule has 1 aromatic heterocycles. The van der Waals surface area contributed by atoms with Crippen LogP contribution < -0.4 is 4.72 Å². The Hall–Kier alpha value is -1.66. The molecule has 0 aliphatic carbocycles. The molecule has 0 saturated carbocycles. The Labute approximate surface area is 116 Å². The molecule has 0 unspecified atom stereocenters. The lowest BCUT2D eigenvalue weighted by molar-refractivity contribution is 0.601. The van der Waals surface area contributed by atoms with E-state index in [4.69, 9.17) is 11.6 Å². The molecule has 0 aliphatic heterocycles. The number of nitrogens with zero attached hydrogens (tertiary/aromatic N) is 2. The first kappa shape index (κ1) is 13.8. The first-order chi connectivity index (χ1) is 8.87. The third-order valence-corrected chi connectivity index (χ3v) is 3.89. The van der Waals surface area contributed by atoms with Gasteiger partial charge in [0.05, 0.1) is 4.90 Å². The predicted molar refractivity (Wildman–Crippen MR) is 73.8 cm³/mol. The van der Waals surface area contributed by atoms with E-state index in [0.717, 1.165) is 11.1 Å². The fourth-order valence-electron chi connectivity index (χ4n) is 1.68. The standard InChI is InChI=1S/C12H12ClN3O2S/c1-8-5-9(2)7-10(6-8)19(17,18)16-11-3-4-14-12(13)15-11/h3-7H,1-2H3,(H,14,15,16). The Bertz CT molecular complexity index is 696. The molecule has 19 heavy (non-hydrogen) atoms. The number of aryl methyl sites for hydroxylation is 2. The fraction of sp³-hybridized carbons (Fsp3) is 0.167. The van der Waals surface area contributed by atoms with Crippen molar-refractivity contribution in [2.45, 2.75) is 18.7 Å². The van der Waals surface area contributed by atoms with Gasteiger partial charge in [-0.15, -0.1) is 0 Å². The van der Waals surface area contributed by atoms with E-state index in [1.807, 2.05) is 19.9 Å². The summed E-state index contributed by atoms with van der Waals surface area (Å²) in [6, 6.07) is 6.53. The first-order valence-corrected chi connectivity index (χ1v) is 7.32. The molecule has 7 heteroatoms. The highest BCUT2D eigenvalue weighted by Gasteiger charge is 2.15. The summed E-state index contributed by atoms with van der Waals surface area (Å²) in [6.07, 6.45) is 1.38. The van der Waals surface area contributed by atoms with E-state index in [1.165, 1.54) is 12.3 Å². The Morgan fingerprint density at radius 1 is 1.16 bits per heavy atom. The topological polar surface area (TPSA) is 72.0 Å². The summed E-state index contributed by atoms with van der Waals surface area (Å²) in [5.74, 6) is 0.138. The van der Waals surface area contributed by atoms with E-state index in [0.29, 0.717) is 0 Å². The van der Waals surface area contributed by atoms with Crippen molar-refractivity contribution < 1.29 is 8.42 Å². The van der Waals surface area contributed by atoms with Crippen molar-refractivity contribution in [1.29, 1.82) is 0 Å². The van der Waals surface area contributed by atoms with Crippen molar-refractivity contribution in [3.05, 3.63) is 46.9 Å². The van der Waals surface area contributed by atoms with Crippen LogP contribution in [-0.4, -0.2) is 18.4 Å². The molecule has 1 heterocycles. The number of halogens is 1. The number of nitrogens with one attached hydrogen (secondary N) is 1. The molecule has 0 saturated heterocycles. The maximum absolute atomic E-state index is 12.2. The zero-order chi connectivity index (χ0) is 14.0. The smallest absolute Gasteiger partial charge is 0.263 e. The van der Waals surface area contributed by atoms with Gasteiger partial charge >= 0.3 is 0 Å². The number of hydrogen-bond acceptors (Lipinski definition) is 4. The van der Waals surface area contributed by atoms with E-state index >= 15 is 0 Å². The van der Waals surface area contributed by atoms with Crippen LogP contribution in [0.15, 0.2) is 35.4 Å². The maximum atomic E-state index is 12.2. The Kier molecular flexibility index (Phi) is 3.73. The minimum Gasteiger partial charge on any atom is -0.263 e. The van der Waals surface area contributed by atoms with Crippen molar-refractivity contribution in [3.63, 3.8) is 0 Å². The summed E-state index contributed by atoms with van der Waals surface area (Å²) in [5, 5.41) is -0.0133. The van der Waals surface area contributed by atoms with Crippen LogP contribution in [0, 0.1) is 13.8 Å². The minimum absolute atomic E-state index is 0.0133. The number of aromatic nitrogens is 2. The second kappa shape index (κ2) is 5.14. The van der Waals surface area contributed by atoms with Gasteiger partial charge in [0.25, 0.3) is 10.0 Å². The molecular formula is C12H12ClN3O2S. The van der Waals surface area contributed by atoms with E-state index in [-0.39, 0.29) is 16.0 Å². The summed E-state index contributed by atoms with van der Waals surface area (Å²) >= 11 is 5.61. The summed E-state index contributed by atoms with van der Waals surface area (Å²) < 4.78 is 26.8. The summed E-state index contributed by atoms with van der Waals surface area (Å²) in [6.45, 7) is 3.68. The third-order valence-electron chi connectivity index (χ3n) is 2.37. The normalized spacial score (nSPS) is 11.3. The highest BCUT2D eigenvalue weighted by molar-refractivity contribution is 7.92. The molecule has 0 fully saturated rings. The van der Waals surface area contributed by atoms with Crippen LogP contribution in [0.4, 0.5) is 5.82 Å². The summed E-state index contributed by atoms with van der Waals surface area (Å²) in [4.78, 5) is 7.68. The van der Waals surface area contributed by atoms with Crippen molar-refractivity contribution >= 4 is 27.4 Å². The average Bonchev–Trinajstić information content (AvgIpc) is 2.26. The number of sulfonamides is 1. The Morgan fingerprint density at radius 3 is 2.37 bits per heavy atom. The van der Waals surface area contributed by atoms with Gasteiger partial charge in [0, 0.05) is 6.20 Å². The molecule has 0 aliphatic rings. The predicted octanol–water partition coefficient (Wildman–Crippen LogP) is 2.55. The van der Waals surface area contributed by atoms with Crippen LogP contribution in [0.3, 0.4) is 0 Å². The van der Waals surface area contributed by atoms with Crippen molar-refractivity contribution in [1.82, 2.24) is 9.97 Å². The zero-order valence-corrected chi connectivity index (χ0v) is 12.0. The van der Waals surface area contributed by atoms with Crippen LogP contribution in [0.5, 0.6) is 0 Å². The lowest BCUT2D eigenvalue weighted by atomic mass is 10.2. The SMILES string of the molecule is Cc1cc(C)cc(S(=O)(=O)Nc2ccnc(Cl)n2)c1. The molecule has 2 rings (SSSR count). The summed E-state index contributed by atoms with van der Waals surface area (Å²) in [5.41, 5.74) is 1.75. The molecule has 1 aromatic carbocycles. The second-order valence-electron chi connectivity index (χ2n) is 4.14. The van der Waals surface area contributed by atoms with Gasteiger partial charge < -0.3 is 0 Å². The Balaban J connectivity index is 2.37. The lowest BCUT2D eigenvalue weighted by Gasteiger charge is -2.08. The quantitative estimate of drug-likeness (QED) is 0.884. The van der Waals surface area contributed by atoms with Crippen LogP contribution in [-0.2, 0) is 10.0 Å². The van der Waals surface area contributed by atoms with Gasteiger partial charge in [-0.2, -0.15) is 4.98 Å². The van der Waals surface area contributed by atoms with E-state index < -0.39 is 10.0 Å². The number of rotatable bonds is 3. The number of hydrogen-bond donors (Lipinski definition) is 1. The Morgan fingerprint density at radius 2 is 1.79 bits per heavy atom. The molecule has 0 amide bonds. The molecule has 0 atom stereocenters. The van der Waals surface area contributed by atoms with Crippen LogP contribution in [0.25, 0.3) is 0 Å². The maximum Gasteiger partial charge on any atom is 0.263 e. The molecule has 0 spiro atoms. The molecule has 100 valence electrons. The average molecular weight is 298 g/mol. The molecule has 0 bridgehead atoms. The monoisotopic (exact) mass is 297 g/mol. The lowest BCUT2D eigenvalue weighted by Crippen LogP contribution is -2.14. The van der Waals surface area contributed by atoms with E-state index in [9.17, 15) is 8.42 Å². The molecule has 5 nitrogen and oxygen atoms in total. The van der Waals surface area contributed by atoms with Gasteiger partial charge in [-0.3, -0.25) is 4.72 Å². The highest BCUT2D eigenvalue weighted by atomic mass is 35.5. The summed E-state index contributed by atoms with van der Waals surface area (Å²) in [7, 11) is -3.67. The van der Waals surface area contributed by atoms with E-state index in [1.54, 1.807) is 12.1 Å². The third kappa shape index (κ3) is 3.42. The molecule has 1 N–H and O–H groups in total. The van der Waals surface area contributed by atoms with E-state index in [2.05, 4.69) is 14.7 Å². The van der Waals surface area contributed by atoms with Gasteiger partial charge in [0.1, 0.15) is 5.82 Å². The second-order valence-corrected chi connectivity index (χ2v) is 6.16. The molecular weight excluding hydrogens is 286 g/mol.